The van der Waals surface area contributed by atoms with Crippen LogP contribution in [-0.4, -0.2) is 33.7 Å². The lowest BCUT2D eigenvalue weighted by Gasteiger charge is -2.33. The summed E-state index contributed by atoms with van der Waals surface area (Å²) in [6.07, 6.45) is 5.21. The first-order valence-electron chi connectivity index (χ1n) is 12.2. The van der Waals surface area contributed by atoms with E-state index in [4.69, 9.17) is 27.9 Å². The summed E-state index contributed by atoms with van der Waals surface area (Å²) in [6.45, 7) is 2.64. The van der Waals surface area contributed by atoms with Gasteiger partial charge in [-0.1, -0.05) is 84.9 Å². The topological polar surface area (TPSA) is 71.5 Å². The first kappa shape index (κ1) is 26.5. The Hall–Kier alpha value is -2.61. The molecule has 4 rings (SSSR count). The number of hydrogen-bond acceptors (Lipinski definition) is 5. The molecular formula is C27H29Cl2N3O3S. The Morgan fingerprint density at radius 3 is 2.39 bits per heavy atom. The molecule has 2 aromatic carbocycles. The maximum Gasteiger partial charge on any atom is 0.276 e. The summed E-state index contributed by atoms with van der Waals surface area (Å²) in [7, 11) is 0. The molecule has 0 bridgehead atoms. The standard InChI is InChI=1S/C27H29Cl2N3O3S/c1-2-35-21-15-13-19(14-16-21)24(26(33)30-20-11-7-4-8-12-20)32(17-18-9-5-3-6-10-18)27(34)23-22(28)25(29)36-31-23/h3,5-6,9-10,13-16,20,24H,2,4,7-8,11-12,17H2,1H3,(H,30,33)/t24-/m0/s1. The quantitative estimate of drug-likeness (QED) is 0.325. The number of hydrogen-bond donors (Lipinski definition) is 1. The molecule has 1 aromatic heterocycles. The fraction of sp³-hybridized carbons (Fsp3) is 0.370. The lowest BCUT2D eigenvalue weighted by molar-refractivity contribution is -0.127. The molecule has 1 aliphatic carbocycles. The number of halogens is 2. The van der Waals surface area contributed by atoms with E-state index >= 15 is 0 Å². The van der Waals surface area contributed by atoms with Crippen LogP contribution in [0.5, 0.6) is 5.75 Å². The normalized spacial score (nSPS) is 14.8. The lowest BCUT2D eigenvalue weighted by Crippen LogP contribution is -2.47. The Kier molecular flexibility index (Phi) is 9.24. The molecule has 1 heterocycles. The van der Waals surface area contributed by atoms with Gasteiger partial charge in [-0.25, -0.2) is 0 Å². The van der Waals surface area contributed by atoms with Crippen molar-refractivity contribution in [2.45, 2.75) is 57.7 Å². The van der Waals surface area contributed by atoms with Crippen molar-refractivity contribution in [3.05, 3.63) is 80.8 Å². The van der Waals surface area contributed by atoms with Crippen LogP contribution in [0.15, 0.2) is 54.6 Å². The lowest BCUT2D eigenvalue weighted by atomic mass is 9.94. The molecule has 0 spiro atoms. The second-order valence-electron chi connectivity index (χ2n) is 8.79. The van der Waals surface area contributed by atoms with Crippen molar-refractivity contribution in [3.63, 3.8) is 0 Å². The van der Waals surface area contributed by atoms with E-state index in [-0.39, 0.29) is 33.5 Å². The van der Waals surface area contributed by atoms with E-state index in [2.05, 4.69) is 9.69 Å². The van der Waals surface area contributed by atoms with Gasteiger partial charge in [0.1, 0.15) is 21.2 Å². The smallest absolute Gasteiger partial charge is 0.276 e. The minimum Gasteiger partial charge on any atom is -0.494 e. The van der Waals surface area contributed by atoms with Crippen molar-refractivity contribution in [2.24, 2.45) is 0 Å². The van der Waals surface area contributed by atoms with Gasteiger partial charge < -0.3 is 15.0 Å². The van der Waals surface area contributed by atoms with E-state index in [1.807, 2.05) is 61.5 Å². The summed E-state index contributed by atoms with van der Waals surface area (Å²) in [5.41, 5.74) is 1.60. The van der Waals surface area contributed by atoms with Gasteiger partial charge in [-0.15, -0.1) is 0 Å². The number of ether oxygens (including phenoxy) is 1. The highest BCUT2D eigenvalue weighted by atomic mass is 35.5. The maximum atomic E-state index is 13.9. The predicted molar refractivity (Wildman–Crippen MR) is 144 cm³/mol. The number of aromatic nitrogens is 1. The highest BCUT2D eigenvalue weighted by molar-refractivity contribution is 7.11. The molecule has 36 heavy (non-hydrogen) atoms. The first-order valence-corrected chi connectivity index (χ1v) is 13.7. The molecule has 0 unspecified atom stereocenters. The van der Waals surface area contributed by atoms with Gasteiger partial charge in [-0.05, 0) is 54.6 Å². The number of amides is 2. The third-order valence-corrected chi connectivity index (χ3v) is 7.89. The summed E-state index contributed by atoms with van der Waals surface area (Å²) < 4.78 is 10.0. The SMILES string of the molecule is CCOc1ccc([C@@H](C(=O)NC2CCCCC2)N(Cc2ccccc2)C(=O)c2nsc(Cl)c2Cl)cc1. The van der Waals surface area contributed by atoms with Crippen LogP contribution in [0.4, 0.5) is 0 Å². The molecule has 3 aromatic rings. The minimum atomic E-state index is -0.896. The second-order valence-corrected chi connectivity index (χ2v) is 10.5. The van der Waals surface area contributed by atoms with Gasteiger partial charge in [0.05, 0.1) is 6.61 Å². The number of carbonyl (C=O) groups is 2. The largest absolute Gasteiger partial charge is 0.494 e. The predicted octanol–water partition coefficient (Wildman–Crippen LogP) is 6.68. The fourth-order valence-corrected chi connectivity index (χ4v) is 5.49. The molecule has 2 amide bonds. The van der Waals surface area contributed by atoms with E-state index in [0.717, 1.165) is 42.8 Å². The van der Waals surface area contributed by atoms with E-state index in [0.29, 0.717) is 17.9 Å². The molecule has 1 N–H and O–H groups in total. The third-order valence-electron chi connectivity index (χ3n) is 6.28. The van der Waals surface area contributed by atoms with Crippen molar-refractivity contribution < 1.29 is 14.3 Å². The van der Waals surface area contributed by atoms with Gasteiger partial charge in [0.25, 0.3) is 5.91 Å². The van der Waals surface area contributed by atoms with Crippen molar-refractivity contribution in [3.8, 4) is 5.75 Å². The molecule has 6 nitrogen and oxygen atoms in total. The fourth-order valence-electron chi connectivity index (χ4n) is 4.50. The number of benzene rings is 2. The molecule has 1 atom stereocenters. The van der Waals surface area contributed by atoms with Crippen LogP contribution < -0.4 is 10.1 Å². The van der Waals surface area contributed by atoms with Crippen molar-refractivity contribution in [1.82, 2.24) is 14.6 Å². The molecule has 0 aliphatic heterocycles. The van der Waals surface area contributed by atoms with Crippen LogP contribution in [0.2, 0.25) is 9.36 Å². The molecule has 1 aliphatic rings. The molecule has 1 fully saturated rings. The average molecular weight is 547 g/mol. The molecule has 0 saturated heterocycles. The highest BCUT2D eigenvalue weighted by Gasteiger charge is 2.35. The number of nitrogens with one attached hydrogen (secondary N) is 1. The van der Waals surface area contributed by atoms with Crippen LogP contribution in [0.1, 0.15) is 66.7 Å². The van der Waals surface area contributed by atoms with E-state index in [1.165, 1.54) is 11.3 Å². The Bertz CT molecular complexity index is 1160. The average Bonchev–Trinajstić information content (AvgIpc) is 3.23. The zero-order valence-electron chi connectivity index (χ0n) is 20.1. The van der Waals surface area contributed by atoms with Crippen LogP contribution in [0.25, 0.3) is 0 Å². The Morgan fingerprint density at radius 2 is 1.78 bits per heavy atom. The van der Waals surface area contributed by atoms with E-state index in [9.17, 15) is 9.59 Å². The number of rotatable bonds is 9. The Balaban J connectivity index is 1.75. The van der Waals surface area contributed by atoms with Gasteiger partial charge in [-0.2, -0.15) is 4.37 Å². The Morgan fingerprint density at radius 1 is 1.08 bits per heavy atom. The summed E-state index contributed by atoms with van der Waals surface area (Å²) in [5, 5.41) is 3.31. The first-order chi connectivity index (χ1) is 17.5. The second kappa shape index (κ2) is 12.6. The zero-order chi connectivity index (χ0) is 25.5. The van der Waals surface area contributed by atoms with Gasteiger partial charge in [0.15, 0.2) is 5.69 Å². The van der Waals surface area contributed by atoms with Gasteiger partial charge >= 0.3 is 0 Å². The van der Waals surface area contributed by atoms with E-state index < -0.39 is 11.9 Å². The van der Waals surface area contributed by atoms with Crippen LogP contribution in [-0.2, 0) is 11.3 Å². The number of nitrogens with zero attached hydrogens (tertiary/aromatic N) is 2. The monoisotopic (exact) mass is 545 g/mol. The maximum absolute atomic E-state index is 13.9. The summed E-state index contributed by atoms with van der Waals surface area (Å²) in [5.74, 6) is 0.0143. The van der Waals surface area contributed by atoms with Crippen LogP contribution in [0.3, 0.4) is 0 Å². The highest BCUT2D eigenvalue weighted by Crippen LogP contribution is 2.34. The summed E-state index contributed by atoms with van der Waals surface area (Å²) in [4.78, 5) is 29.3. The van der Waals surface area contributed by atoms with Crippen molar-refractivity contribution in [2.75, 3.05) is 6.61 Å². The summed E-state index contributed by atoms with van der Waals surface area (Å²) >= 11 is 13.4. The van der Waals surface area contributed by atoms with E-state index in [1.54, 1.807) is 0 Å². The van der Waals surface area contributed by atoms with Gasteiger partial charge in [-0.3, -0.25) is 9.59 Å². The molecular weight excluding hydrogens is 517 g/mol. The van der Waals surface area contributed by atoms with Crippen LogP contribution in [0, 0.1) is 0 Å². The zero-order valence-corrected chi connectivity index (χ0v) is 22.4. The number of carbonyl (C=O) groups excluding carboxylic acids is 2. The molecule has 1 saturated carbocycles. The van der Waals surface area contributed by atoms with Crippen LogP contribution >= 0.6 is 34.7 Å². The van der Waals surface area contributed by atoms with Crippen molar-refractivity contribution >= 4 is 46.5 Å². The molecule has 9 heteroatoms. The third kappa shape index (κ3) is 6.38. The molecule has 190 valence electrons. The van der Waals surface area contributed by atoms with Crippen molar-refractivity contribution in [1.29, 1.82) is 0 Å². The Labute approximate surface area is 225 Å². The molecule has 0 radical (unpaired) electrons. The summed E-state index contributed by atoms with van der Waals surface area (Å²) in [6, 6.07) is 16.0. The van der Waals surface area contributed by atoms with Gasteiger partial charge in [0, 0.05) is 12.6 Å². The van der Waals surface area contributed by atoms with Gasteiger partial charge in [0.2, 0.25) is 5.91 Å². The minimum absolute atomic E-state index is 0.0454.